The second kappa shape index (κ2) is 15.2. The summed E-state index contributed by atoms with van der Waals surface area (Å²) in [5.41, 5.74) is 3.82. The van der Waals surface area contributed by atoms with Crippen molar-refractivity contribution >= 4 is 23.2 Å². The van der Waals surface area contributed by atoms with Crippen molar-refractivity contribution < 1.29 is 19.4 Å². The van der Waals surface area contributed by atoms with Crippen LogP contribution in [-0.2, 0) is 18.6 Å². The monoisotopic (exact) mass is 648 g/mol. The molecule has 4 aromatic carbocycles. The van der Waals surface area contributed by atoms with Crippen molar-refractivity contribution in [3.8, 4) is 16.9 Å². The maximum Gasteiger partial charge on any atom is 0.254 e. The van der Waals surface area contributed by atoms with Crippen molar-refractivity contribution in [3.63, 3.8) is 0 Å². The van der Waals surface area contributed by atoms with E-state index in [0.717, 1.165) is 38.7 Å². The molecule has 2 atom stereocenters. The van der Waals surface area contributed by atoms with E-state index in [1.165, 1.54) is 11.3 Å². The number of aliphatic hydroxyl groups is 1. The Morgan fingerprint density at radius 3 is 2.32 bits per heavy atom. The smallest absolute Gasteiger partial charge is 0.254 e. The molecule has 5 aromatic rings. The minimum absolute atomic E-state index is 0.206. The third-order valence-electron chi connectivity index (χ3n) is 8.15. The summed E-state index contributed by atoms with van der Waals surface area (Å²) in [6, 6.07) is 32.0. The Morgan fingerprint density at radius 2 is 1.64 bits per heavy atom. The van der Waals surface area contributed by atoms with E-state index in [9.17, 15) is 14.7 Å². The number of aryl methyl sites for hydroxylation is 1. The molecular weight excluding hydrogens is 609 g/mol. The van der Waals surface area contributed by atoms with E-state index in [1.807, 2.05) is 110 Å². The molecule has 47 heavy (non-hydrogen) atoms. The third kappa shape index (κ3) is 8.31. The Bertz CT molecular complexity index is 1810. The van der Waals surface area contributed by atoms with Crippen molar-refractivity contribution in [2.45, 2.75) is 38.6 Å². The number of carbonyl (C=O) groups excluding carboxylic acids is 2. The maximum atomic E-state index is 14.1. The summed E-state index contributed by atoms with van der Waals surface area (Å²) in [5.74, 6) is 0.122. The number of rotatable bonds is 13. The zero-order chi connectivity index (χ0) is 33.4. The molecule has 1 aromatic heterocycles. The topological polar surface area (TPSA) is 104 Å². The highest BCUT2D eigenvalue weighted by molar-refractivity contribution is 7.09. The normalized spacial score (nSPS) is 13.0. The van der Waals surface area contributed by atoms with Crippen molar-refractivity contribution in [1.29, 1.82) is 0 Å². The van der Waals surface area contributed by atoms with Crippen LogP contribution in [0.1, 0.15) is 49.5 Å². The molecule has 0 spiro atoms. The van der Waals surface area contributed by atoms with Crippen LogP contribution in [0.2, 0.25) is 0 Å². The number of aromatic nitrogens is 1. The average Bonchev–Trinajstić information content (AvgIpc) is 3.52. The molecule has 2 amide bonds. The predicted molar refractivity (Wildman–Crippen MR) is 186 cm³/mol. The summed E-state index contributed by atoms with van der Waals surface area (Å²) < 4.78 is 5.33. The van der Waals surface area contributed by atoms with Gasteiger partial charge in [-0.1, -0.05) is 72.8 Å². The summed E-state index contributed by atoms with van der Waals surface area (Å²) in [6.45, 7) is 4.81. The van der Waals surface area contributed by atoms with Gasteiger partial charge < -0.3 is 25.4 Å². The minimum Gasteiger partial charge on any atom is -0.497 e. The Balaban J connectivity index is 1.42. The van der Waals surface area contributed by atoms with Crippen LogP contribution < -0.4 is 15.4 Å². The zero-order valence-corrected chi connectivity index (χ0v) is 27.9. The Morgan fingerprint density at radius 1 is 0.936 bits per heavy atom. The fourth-order valence-corrected chi connectivity index (χ4v) is 6.25. The number of carbonyl (C=O) groups is 2. The first-order valence-corrected chi connectivity index (χ1v) is 16.3. The van der Waals surface area contributed by atoms with E-state index in [4.69, 9.17) is 4.74 Å². The molecule has 242 valence electrons. The van der Waals surface area contributed by atoms with Crippen molar-refractivity contribution in [1.82, 2.24) is 20.5 Å². The molecule has 3 N–H and O–H groups in total. The standard InChI is InChI=1S/C38H40N4O4S/c1-26-25-47-35(40-26)24-42(3)37(45)31-20-29(28-13-7-5-8-14-28)19-30(21-31)36(44)41-38(2,32-15-9-6-10-16-32)34(43)23-39-22-27-12-11-17-33(18-27)46-4/h5-21,25,34,39,43H,22-24H2,1-4H3,(H,41,44)/t34-,38+/m1/s1. The molecule has 0 unspecified atom stereocenters. The minimum atomic E-state index is -1.16. The molecule has 9 heteroatoms. The highest BCUT2D eigenvalue weighted by Gasteiger charge is 2.37. The number of nitrogens with zero attached hydrogens (tertiary/aromatic N) is 2. The van der Waals surface area contributed by atoms with Gasteiger partial charge in [-0.15, -0.1) is 11.3 Å². The predicted octanol–water partition coefficient (Wildman–Crippen LogP) is 6.20. The average molecular weight is 649 g/mol. The van der Waals surface area contributed by atoms with Crippen LogP contribution in [0.15, 0.2) is 109 Å². The first kappa shape index (κ1) is 33.5. The molecule has 0 radical (unpaired) electrons. The van der Waals surface area contributed by atoms with E-state index >= 15 is 0 Å². The fourth-order valence-electron chi connectivity index (χ4n) is 5.43. The van der Waals surface area contributed by atoms with Crippen molar-refractivity contribution in [2.24, 2.45) is 0 Å². The fraction of sp³-hybridized carbons (Fsp3) is 0.237. The van der Waals surface area contributed by atoms with E-state index in [0.29, 0.717) is 24.2 Å². The number of methoxy groups -OCH3 is 1. The van der Waals surface area contributed by atoms with E-state index in [1.54, 1.807) is 31.2 Å². The summed E-state index contributed by atoms with van der Waals surface area (Å²) in [7, 11) is 3.36. The van der Waals surface area contributed by atoms with E-state index in [2.05, 4.69) is 15.6 Å². The molecule has 0 saturated carbocycles. The van der Waals surface area contributed by atoms with Gasteiger partial charge in [-0.25, -0.2) is 4.98 Å². The van der Waals surface area contributed by atoms with Crippen molar-refractivity contribution in [3.05, 3.63) is 141 Å². The first-order chi connectivity index (χ1) is 22.7. The van der Waals surface area contributed by atoms with Gasteiger partial charge >= 0.3 is 0 Å². The number of amides is 2. The lowest BCUT2D eigenvalue weighted by atomic mass is 9.85. The molecule has 0 saturated heterocycles. The van der Waals surface area contributed by atoms with E-state index in [-0.39, 0.29) is 12.5 Å². The summed E-state index contributed by atoms with van der Waals surface area (Å²) >= 11 is 1.51. The number of nitrogens with one attached hydrogen (secondary N) is 2. The second-order valence-electron chi connectivity index (χ2n) is 11.7. The van der Waals surface area contributed by atoms with Gasteiger partial charge in [-0.3, -0.25) is 9.59 Å². The lowest BCUT2D eigenvalue weighted by molar-refractivity contribution is 0.0554. The quantitative estimate of drug-likeness (QED) is 0.141. The summed E-state index contributed by atoms with van der Waals surface area (Å²) in [4.78, 5) is 34.0. The number of benzene rings is 4. The highest BCUT2D eigenvalue weighted by Crippen LogP contribution is 2.28. The van der Waals surface area contributed by atoms with Gasteiger partial charge in [-0.05, 0) is 66.4 Å². The SMILES string of the molecule is COc1cccc(CNC[C@@H](O)[C@@](C)(NC(=O)c2cc(C(=O)N(C)Cc3nc(C)cs3)cc(-c3ccccc3)c2)c2ccccc2)c1. The summed E-state index contributed by atoms with van der Waals surface area (Å²) in [5, 5.41) is 20.9. The summed E-state index contributed by atoms with van der Waals surface area (Å²) in [6.07, 6.45) is -0.995. The molecule has 0 fully saturated rings. The van der Waals surface area contributed by atoms with Gasteiger partial charge in [0.25, 0.3) is 11.8 Å². The van der Waals surface area contributed by atoms with Crippen LogP contribution in [0.25, 0.3) is 11.1 Å². The van der Waals surface area contributed by atoms with Crippen LogP contribution in [0.5, 0.6) is 5.75 Å². The van der Waals surface area contributed by atoms with Gasteiger partial charge in [0.05, 0.1) is 25.3 Å². The molecular formula is C38H40N4O4S. The molecule has 5 rings (SSSR count). The maximum absolute atomic E-state index is 14.1. The lowest BCUT2D eigenvalue weighted by Gasteiger charge is -2.36. The molecule has 8 nitrogen and oxygen atoms in total. The molecule has 0 bridgehead atoms. The van der Waals surface area contributed by atoms with Gasteiger partial charge in [0.2, 0.25) is 0 Å². The van der Waals surface area contributed by atoms with Crippen LogP contribution in [0.3, 0.4) is 0 Å². The number of thiazole rings is 1. The molecule has 1 heterocycles. The Labute approximate surface area is 280 Å². The highest BCUT2D eigenvalue weighted by atomic mass is 32.1. The van der Waals surface area contributed by atoms with Gasteiger partial charge in [0.1, 0.15) is 10.8 Å². The molecule has 0 aliphatic rings. The lowest BCUT2D eigenvalue weighted by Crippen LogP contribution is -2.55. The van der Waals surface area contributed by atoms with Crippen molar-refractivity contribution in [2.75, 3.05) is 20.7 Å². The van der Waals surface area contributed by atoms with Crippen LogP contribution >= 0.6 is 11.3 Å². The number of aliphatic hydroxyl groups excluding tert-OH is 1. The van der Waals surface area contributed by atoms with Gasteiger partial charge in [0.15, 0.2) is 0 Å². The largest absolute Gasteiger partial charge is 0.497 e. The van der Waals surface area contributed by atoms with Gasteiger partial charge in [-0.2, -0.15) is 0 Å². The number of hydrogen-bond acceptors (Lipinski definition) is 7. The molecule has 0 aliphatic heterocycles. The number of hydrogen-bond donors (Lipinski definition) is 3. The Kier molecular flexibility index (Phi) is 10.8. The van der Waals surface area contributed by atoms with Crippen LogP contribution in [0, 0.1) is 6.92 Å². The second-order valence-corrected chi connectivity index (χ2v) is 12.7. The van der Waals surface area contributed by atoms with Crippen LogP contribution in [-0.4, -0.2) is 53.6 Å². The Hall–Kier alpha value is -4.83. The molecule has 0 aliphatic carbocycles. The zero-order valence-electron chi connectivity index (χ0n) is 27.1. The van der Waals surface area contributed by atoms with Crippen LogP contribution in [0.4, 0.5) is 0 Å². The van der Waals surface area contributed by atoms with Gasteiger partial charge in [0, 0.05) is 42.3 Å². The van der Waals surface area contributed by atoms with E-state index < -0.39 is 17.6 Å². The first-order valence-electron chi connectivity index (χ1n) is 15.4. The third-order valence-corrected chi connectivity index (χ3v) is 9.10. The number of ether oxygens (including phenoxy) is 1.